The summed E-state index contributed by atoms with van der Waals surface area (Å²) in [6.45, 7) is 0.237. The molecule has 0 saturated carbocycles. The second-order valence-corrected chi connectivity index (χ2v) is 9.27. The Kier molecular flexibility index (Phi) is 6.76. The summed E-state index contributed by atoms with van der Waals surface area (Å²) in [7, 11) is 1.32. The van der Waals surface area contributed by atoms with E-state index in [1.165, 1.54) is 41.8 Å². The molecule has 0 spiro atoms. The predicted molar refractivity (Wildman–Crippen MR) is 129 cm³/mol. The third kappa shape index (κ3) is 4.71. The molecule has 0 bridgehead atoms. The molecule has 0 fully saturated rings. The minimum Gasteiger partial charge on any atom is -0.481 e. The number of amides is 1. The molecule has 2 aromatic carbocycles. The third-order valence-corrected chi connectivity index (χ3v) is 6.87. The van der Waals surface area contributed by atoms with Gasteiger partial charge >= 0.3 is 0 Å². The molecule has 1 aliphatic rings. The lowest BCUT2D eigenvalue weighted by molar-refractivity contribution is 0.0951. The van der Waals surface area contributed by atoms with Crippen LogP contribution in [-0.2, 0) is 17.5 Å². The highest BCUT2D eigenvalue weighted by atomic mass is 35.5. The molecule has 0 saturated heterocycles. The molecular formula is C24H19ClFN3O4S. The Morgan fingerprint density at radius 1 is 1.24 bits per heavy atom. The van der Waals surface area contributed by atoms with Crippen molar-refractivity contribution in [2.75, 3.05) is 18.5 Å². The third-order valence-electron chi connectivity index (χ3n) is 5.20. The van der Waals surface area contributed by atoms with Crippen LogP contribution in [0.25, 0.3) is 6.08 Å². The number of ether oxygens (including phenoxy) is 1. The smallest absolute Gasteiger partial charge is 0.251 e. The van der Waals surface area contributed by atoms with Crippen molar-refractivity contribution in [3.63, 3.8) is 0 Å². The summed E-state index contributed by atoms with van der Waals surface area (Å²) in [6.07, 6.45) is 3.01. The van der Waals surface area contributed by atoms with Crippen molar-refractivity contribution in [3.8, 4) is 5.88 Å². The van der Waals surface area contributed by atoms with Gasteiger partial charge < -0.3 is 10.1 Å². The van der Waals surface area contributed by atoms with E-state index in [9.17, 15) is 18.2 Å². The van der Waals surface area contributed by atoms with Gasteiger partial charge in [0.15, 0.2) is 11.0 Å². The van der Waals surface area contributed by atoms with Crippen LogP contribution in [0.15, 0.2) is 59.6 Å². The largest absolute Gasteiger partial charge is 0.481 e. The molecule has 1 unspecified atom stereocenters. The van der Waals surface area contributed by atoms with E-state index < -0.39 is 22.6 Å². The number of anilines is 1. The number of benzene rings is 2. The van der Waals surface area contributed by atoms with Gasteiger partial charge in [-0.05, 0) is 47.5 Å². The maximum atomic E-state index is 13.5. The molecule has 1 atom stereocenters. The van der Waals surface area contributed by atoms with Crippen LogP contribution < -0.4 is 14.4 Å². The molecule has 1 amide bonds. The first-order chi connectivity index (χ1) is 16.3. The van der Waals surface area contributed by atoms with Gasteiger partial charge in [-0.15, -0.1) is 0 Å². The summed E-state index contributed by atoms with van der Waals surface area (Å²) < 4.78 is 32.9. The highest BCUT2D eigenvalue weighted by Gasteiger charge is 2.32. The fourth-order valence-electron chi connectivity index (χ4n) is 3.37. The maximum absolute atomic E-state index is 13.5. The van der Waals surface area contributed by atoms with Crippen LogP contribution in [0.3, 0.4) is 0 Å². The summed E-state index contributed by atoms with van der Waals surface area (Å²) in [6, 6.07) is 12.0. The van der Waals surface area contributed by atoms with E-state index in [1.807, 2.05) is 0 Å². The van der Waals surface area contributed by atoms with Crippen molar-refractivity contribution >= 4 is 46.0 Å². The Bertz CT molecular complexity index is 1340. The molecule has 1 N–H and O–H groups in total. The number of fused-ring (bicyclic) bond motifs is 1. The second kappa shape index (κ2) is 9.74. The van der Waals surface area contributed by atoms with E-state index in [1.54, 1.807) is 37.5 Å². The van der Waals surface area contributed by atoms with E-state index in [4.69, 9.17) is 16.3 Å². The Balaban J connectivity index is 1.59. The van der Waals surface area contributed by atoms with Crippen molar-refractivity contribution < 1.29 is 22.9 Å². The number of carbonyl (C=O) groups excluding carboxylic acids is 2. The number of methoxy groups -OCH3 is 1. The molecule has 1 aromatic heterocycles. The number of nitrogens with one attached hydrogen (secondary N) is 1. The van der Waals surface area contributed by atoms with Crippen molar-refractivity contribution in [2.24, 2.45) is 0 Å². The van der Waals surface area contributed by atoms with Gasteiger partial charge in [0, 0.05) is 37.0 Å². The molecule has 1 aliphatic heterocycles. The standard InChI is InChI=1S/C24H19ClFN3O4S/c1-29-20-7-5-16(24(31)28-13-15-4-8-22(33-2)27-12-15)11-17(20)23(30)21(34(29)32)10-14-3-6-19(26)18(25)9-14/h3-12H,13H2,1-2H3,(H,28,31)/b21-10-. The molecule has 34 heavy (non-hydrogen) atoms. The lowest BCUT2D eigenvalue weighted by Crippen LogP contribution is -2.32. The first kappa shape index (κ1) is 23.6. The molecular weight excluding hydrogens is 481 g/mol. The van der Waals surface area contributed by atoms with Crippen molar-refractivity contribution in [1.82, 2.24) is 10.3 Å². The molecule has 0 radical (unpaired) electrons. The van der Waals surface area contributed by atoms with E-state index >= 15 is 0 Å². The zero-order chi connectivity index (χ0) is 24.4. The molecule has 7 nitrogen and oxygen atoms in total. The maximum Gasteiger partial charge on any atom is 0.251 e. The topological polar surface area (TPSA) is 88.6 Å². The van der Waals surface area contributed by atoms with Gasteiger partial charge in [-0.2, -0.15) is 0 Å². The fraction of sp³-hybridized carbons (Fsp3) is 0.125. The zero-order valence-electron chi connectivity index (χ0n) is 18.2. The summed E-state index contributed by atoms with van der Waals surface area (Å²) in [4.78, 5) is 30.0. The number of Topliss-reactive ketones (excluding diaryl/α,β-unsaturated/α-hetero) is 1. The normalized spacial score (nSPS) is 16.4. The van der Waals surface area contributed by atoms with Gasteiger partial charge in [0.05, 0.1) is 17.8 Å². The lowest BCUT2D eigenvalue weighted by atomic mass is 10.0. The minimum atomic E-state index is -1.78. The molecule has 4 rings (SSSR count). The number of carbonyl (C=O) groups is 2. The Morgan fingerprint density at radius 2 is 2.03 bits per heavy atom. The number of hydrogen-bond acceptors (Lipinski definition) is 5. The summed E-state index contributed by atoms with van der Waals surface area (Å²) in [5.74, 6) is -0.988. The van der Waals surface area contributed by atoms with Gasteiger partial charge in [0.2, 0.25) is 11.7 Å². The van der Waals surface area contributed by atoms with Crippen LogP contribution >= 0.6 is 11.6 Å². The number of rotatable bonds is 5. The van der Waals surface area contributed by atoms with E-state index in [0.29, 0.717) is 17.1 Å². The van der Waals surface area contributed by atoms with Crippen molar-refractivity contribution in [3.05, 3.63) is 92.7 Å². The Morgan fingerprint density at radius 3 is 2.71 bits per heavy atom. The monoisotopic (exact) mass is 499 g/mol. The van der Waals surface area contributed by atoms with Crippen LogP contribution in [0, 0.1) is 5.82 Å². The lowest BCUT2D eigenvalue weighted by Gasteiger charge is -2.27. The number of ketones is 1. The second-order valence-electron chi connectivity index (χ2n) is 7.38. The number of pyridine rings is 1. The first-order valence-electron chi connectivity index (χ1n) is 10.1. The highest BCUT2D eigenvalue weighted by Crippen LogP contribution is 2.33. The van der Waals surface area contributed by atoms with Crippen LogP contribution in [-0.4, -0.2) is 35.0 Å². The van der Waals surface area contributed by atoms with Crippen LogP contribution in [0.1, 0.15) is 31.8 Å². The summed E-state index contributed by atoms with van der Waals surface area (Å²) >= 11 is 5.83. The average Bonchev–Trinajstić information content (AvgIpc) is 2.85. The van der Waals surface area contributed by atoms with Crippen molar-refractivity contribution in [1.29, 1.82) is 0 Å². The predicted octanol–water partition coefficient (Wildman–Crippen LogP) is 4.15. The molecule has 174 valence electrons. The van der Waals surface area contributed by atoms with Gasteiger partial charge in [0.25, 0.3) is 5.91 Å². The fourth-order valence-corrected chi connectivity index (χ4v) is 4.70. The Hall–Kier alpha value is -3.56. The number of hydrogen-bond donors (Lipinski definition) is 1. The SMILES string of the molecule is COc1ccc(CNC(=O)c2ccc3c(c2)C(=O)/C(=C/c2ccc(F)c(Cl)c2)S(=O)N3C)cn1. The molecule has 2 heterocycles. The quantitative estimate of drug-likeness (QED) is 0.533. The van der Waals surface area contributed by atoms with Gasteiger partial charge in [-0.3, -0.25) is 13.9 Å². The van der Waals surface area contributed by atoms with Crippen LogP contribution in [0.2, 0.25) is 5.02 Å². The molecule has 0 aliphatic carbocycles. The number of aromatic nitrogens is 1. The zero-order valence-corrected chi connectivity index (χ0v) is 19.7. The van der Waals surface area contributed by atoms with Gasteiger partial charge in [-0.25, -0.2) is 13.6 Å². The number of nitrogens with zero attached hydrogens (tertiary/aromatic N) is 2. The highest BCUT2D eigenvalue weighted by molar-refractivity contribution is 7.91. The van der Waals surface area contributed by atoms with E-state index in [2.05, 4.69) is 10.3 Å². The first-order valence-corrected chi connectivity index (χ1v) is 11.5. The molecule has 10 heteroatoms. The van der Waals surface area contributed by atoms with Crippen LogP contribution in [0.4, 0.5) is 10.1 Å². The molecule has 3 aromatic rings. The number of allylic oxidation sites excluding steroid dienone is 1. The summed E-state index contributed by atoms with van der Waals surface area (Å²) in [5.41, 5.74) is 2.16. The van der Waals surface area contributed by atoms with E-state index in [0.717, 1.165) is 5.56 Å². The van der Waals surface area contributed by atoms with Crippen molar-refractivity contribution in [2.45, 2.75) is 6.54 Å². The van der Waals surface area contributed by atoms with Gasteiger partial charge in [-0.1, -0.05) is 23.7 Å². The van der Waals surface area contributed by atoms with Crippen LogP contribution in [0.5, 0.6) is 5.88 Å². The summed E-state index contributed by atoms with van der Waals surface area (Å²) in [5, 5.41) is 2.68. The van der Waals surface area contributed by atoms with E-state index in [-0.39, 0.29) is 33.5 Å². The number of halogens is 2. The Labute approximate surface area is 202 Å². The van der Waals surface area contributed by atoms with Gasteiger partial charge in [0.1, 0.15) is 10.7 Å². The average molecular weight is 500 g/mol. The minimum absolute atomic E-state index is 0.000426.